The molecule has 1 aromatic rings. The molecule has 0 aliphatic rings. The van der Waals surface area contributed by atoms with Gasteiger partial charge in [0, 0.05) is 5.54 Å². The Bertz CT molecular complexity index is 400. The lowest BCUT2D eigenvalue weighted by molar-refractivity contribution is -0.00637. The summed E-state index contributed by atoms with van der Waals surface area (Å²) in [6, 6.07) is 9.67. The Morgan fingerprint density at radius 1 is 1.25 bits per heavy atom. The van der Waals surface area contributed by atoms with E-state index < -0.39 is 12.2 Å². The van der Waals surface area contributed by atoms with Crippen LogP contribution in [0.5, 0.6) is 0 Å². The molecule has 1 rings (SSSR count). The van der Waals surface area contributed by atoms with E-state index in [9.17, 15) is 9.90 Å². The van der Waals surface area contributed by atoms with Gasteiger partial charge in [-0.3, -0.25) is 0 Å². The second-order valence-corrected chi connectivity index (χ2v) is 5.63. The predicted molar refractivity (Wildman–Crippen MR) is 76.3 cm³/mol. The van der Waals surface area contributed by atoms with Gasteiger partial charge in [0.2, 0.25) is 0 Å². The summed E-state index contributed by atoms with van der Waals surface area (Å²) in [5.41, 5.74) is 0.678. The SMILES string of the molecule is CC(C)(C)NC(=O)OCC(O)COCc1ccccc1. The summed E-state index contributed by atoms with van der Waals surface area (Å²) in [5.74, 6) is 0. The number of aliphatic hydroxyl groups is 1. The molecule has 1 unspecified atom stereocenters. The highest BCUT2D eigenvalue weighted by Crippen LogP contribution is 2.02. The Balaban J connectivity index is 2.14. The van der Waals surface area contributed by atoms with E-state index in [1.54, 1.807) is 0 Å². The lowest BCUT2D eigenvalue weighted by Crippen LogP contribution is -2.42. The van der Waals surface area contributed by atoms with E-state index >= 15 is 0 Å². The van der Waals surface area contributed by atoms with Crippen LogP contribution in [0.25, 0.3) is 0 Å². The van der Waals surface area contributed by atoms with E-state index in [1.807, 2.05) is 51.1 Å². The molecule has 5 heteroatoms. The minimum Gasteiger partial charge on any atom is -0.447 e. The van der Waals surface area contributed by atoms with E-state index in [0.29, 0.717) is 6.61 Å². The van der Waals surface area contributed by atoms with Crippen molar-refractivity contribution in [1.82, 2.24) is 5.32 Å². The van der Waals surface area contributed by atoms with Crippen LogP contribution in [-0.2, 0) is 16.1 Å². The number of hydrogen-bond acceptors (Lipinski definition) is 4. The van der Waals surface area contributed by atoms with Crippen molar-refractivity contribution in [2.75, 3.05) is 13.2 Å². The molecule has 20 heavy (non-hydrogen) atoms. The van der Waals surface area contributed by atoms with Gasteiger partial charge in [0.15, 0.2) is 0 Å². The first-order valence-electron chi connectivity index (χ1n) is 6.61. The number of carbonyl (C=O) groups excluding carboxylic acids is 1. The maximum absolute atomic E-state index is 11.4. The molecule has 1 amide bonds. The monoisotopic (exact) mass is 281 g/mol. The summed E-state index contributed by atoms with van der Waals surface area (Å²) in [6.45, 7) is 6.02. The number of amides is 1. The van der Waals surface area contributed by atoms with Crippen LogP contribution < -0.4 is 5.32 Å². The quantitative estimate of drug-likeness (QED) is 0.838. The Morgan fingerprint density at radius 3 is 2.50 bits per heavy atom. The summed E-state index contributed by atoms with van der Waals surface area (Å²) in [4.78, 5) is 11.4. The third-order valence-electron chi connectivity index (χ3n) is 2.31. The molecule has 0 aliphatic heterocycles. The highest BCUT2D eigenvalue weighted by atomic mass is 16.6. The zero-order valence-electron chi connectivity index (χ0n) is 12.3. The summed E-state index contributed by atoms with van der Waals surface area (Å²) in [7, 11) is 0. The van der Waals surface area contributed by atoms with Gasteiger partial charge in [0.1, 0.15) is 12.7 Å². The Hall–Kier alpha value is -1.59. The summed E-state index contributed by atoms with van der Waals surface area (Å²) < 4.78 is 10.3. The van der Waals surface area contributed by atoms with E-state index in [2.05, 4.69) is 5.32 Å². The fourth-order valence-corrected chi connectivity index (χ4v) is 1.45. The molecule has 0 aliphatic carbocycles. The zero-order valence-corrected chi connectivity index (χ0v) is 12.3. The van der Waals surface area contributed by atoms with Crippen molar-refractivity contribution in [3.05, 3.63) is 35.9 Å². The molecule has 0 saturated carbocycles. The van der Waals surface area contributed by atoms with Crippen LogP contribution in [0, 0.1) is 0 Å². The van der Waals surface area contributed by atoms with Crippen molar-refractivity contribution in [2.45, 2.75) is 39.0 Å². The van der Waals surface area contributed by atoms with Gasteiger partial charge >= 0.3 is 6.09 Å². The van der Waals surface area contributed by atoms with Gasteiger partial charge in [-0.2, -0.15) is 0 Å². The summed E-state index contributed by atoms with van der Waals surface area (Å²) in [6.07, 6.45) is -1.37. The number of carbonyl (C=O) groups is 1. The number of rotatable bonds is 6. The number of aliphatic hydroxyl groups excluding tert-OH is 1. The molecule has 5 nitrogen and oxygen atoms in total. The average Bonchev–Trinajstić information content (AvgIpc) is 2.36. The van der Waals surface area contributed by atoms with Crippen LogP contribution >= 0.6 is 0 Å². The standard InChI is InChI=1S/C15H23NO4/c1-15(2,3)16-14(18)20-11-13(17)10-19-9-12-7-5-4-6-8-12/h4-8,13,17H,9-11H2,1-3H3,(H,16,18). The van der Waals surface area contributed by atoms with Crippen LogP contribution in [0.1, 0.15) is 26.3 Å². The van der Waals surface area contributed by atoms with Crippen molar-refractivity contribution in [3.63, 3.8) is 0 Å². The number of hydrogen-bond donors (Lipinski definition) is 2. The number of nitrogens with one attached hydrogen (secondary N) is 1. The first kappa shape index (κ1) is 16.5. The molecule has 0 radical (unpaired) electrons. The molecule has 0 bridgehead atoms. The molecule has 0 aromatic heterocycles. The van der Waals surface area contributed by atoms with Crippen molar-refractivity contribution < 1.29 is 19.4 Å². The molecule has 0 heterocycles. The minimum atomic E-state index is -0.829. The Morgan fingerprint density at radius 2 is 1.90 bits per heavy atom. The van der Waals surface area contributed by atoms with Gasteiger partial charge in [-0.1, -0.05) is 30.3 Å². The van der Waals surface area contributed by atoms with Crippen molar-refractivity contribution in [3.8, 4) is 0 Å². The maximum Gasteiger partial charge on any atom is 0.407 e. The van der Waals surface area contributed by atoms with Gasteiger partial charge in [-0.25, -0.2) is 4.79 Å². The molecular weight excluding hydrogens is 258 g/mol. The summed E-state index contributed by atoms with van der Waals surface area (Å²) >= 11 is 0. The lowest BCUT2D eigenvalue weighted by atomic mass is 10.1. The third kappa shape index (κ3) is 7.76. The third-order valence-corrected chi connectivity index (χ3v) is 2.31. The molecule has 0 saturated heterocycles. The first-order chi connectivity index (χ1) is 9.37. The van der Waals surface area contributed by atoms with E-state index in [4.69, 9.17) is 9.47 Å². The van der Waals surface area contributed by atoms with Crippen LogP contribution in [0.3, 0.4) is 0 Å². The lowest BCUT2D eigenvalue weighted by Gasteiger charge is -2.20. The molecule has 0 fully saturated rings. The van der Waals surface area contributed by atoms with E-state index in [-0.39, 0.29) is 18.8 Å². The summed E-state index contributed by atoms with van der Waals surface area (Å²) in [5, 5.41) is 12.3. The van der Waals surface area contributed by atoms with Gasteiger partial charge in [-0.05, 0) is 26.3 Å². The fourth-order valence-electron chi connectivity index (χ4n) is 1.45. The maximum atomic E-state index is 11.4. The van der Waals surface area contributed by atoms with E-state index in [1.165, 1.54) is 0 Å². The van der Waals surface area contributed by atoms with Crippen LogP contribution in [0.15, 0.2) is 30.3 Å². The van der Waals surface area contributed by atoms with Crippen LogP contribution in [0.4, 0.5) is 4.79 Å². The van der Waals surface area contributed by atoms with E-state index in [0.717, 1.165) is 5.56 Å². The largest absolute Gasteiger partial charge is 0.447 e. The highest BCUT2D eigenvalue weighted by molar-refractivity contribution is 5.68. The predicted octanol–water partition coefficient (Wildman–Crippen LogP) is 2.09. The normalized spacial score (nSPS) is 12.8. The first-order valence-corrected chi connectivity index (χ1v) is 6.61. The molecule has 1 aromatic carbocycles. The molecule has 0 spiro atoms. The van der Waals surface area contributed by atoms with Crippen molar-refractivity contribution in [1.29, 1.82) is 0 Å². The number of alkyl carbamates (subject to hydrolysis) is 1. The minimum absolute atomic E-state index is 0.0866. The van der Waals surface area contributed by atoms with Gasteiger partial charge < -0.3 is 19.9 Å². The highest BCUT2D eigenvalue weighted by Gasteiger charge is 2.15. The average molecular weight is 281 g/mol. The molecule has 112 valence electrons. The number of ether oxygens (including phenoxy) is 2. The number of benzene rings is 1. The smallest absolute Gasteiger partial charge is 0.407 e. The molecule has 1 atom stereocenters. The second kappa shape index (κ2) is 7.87. The van der Waals surface area contributed by atoms with Crippen LogP contribution in [-0.4, -0.2) is 36.1 Å². The van der Waals surface area contributed by atoms with Gasteiger partial charge in [0.25, 0.3) is 0 Å². The van der Waals surface area contributed by atoms with Crippen LogP contribution in [0.2, 0.25) is 0 Å². The fraction of sp³-hybridized carbons (Fsp3) is 0.533. The molecular formula is C15H23NO4. The zero-order chi connectivity index (χ0) is 15.0. The Kier molecular flexibility index (Phi) is 6.48. The van der Waals surface area contributed by atoms with Gasteiger partial charge in [-0.15, -0.1) is 0 Å². The topological polar surface area (TPSA) is 67.8 Å². The second-order valence-electron chi connectivity index (χ2n) is 5.63. The molecule has 2 N–H and O–H groups in total. The van der Waals surface area contributed by atoms with Gasteiger partial charge in [0.05, 0.1) is 13.2 Å². The Labute approximate surface area is 119 Å². The van der Waals surface area contributed by atoms with Crippen molar-refractivity contribution in [2.24, 2.45) is 0 Å². The van der Waals surface area contributed by atoms with Crippen molar-refractivity contribution >= 4 is 6.09 Å².